The van der Waals surface area contributed by atoms with E-state index in [4.69, 9.17) is 9.47 Å². The van der Waals surface area contributed by atoms with Crippen LogP contribution in [0.2, 0.25) is 0 Å². The van der Waals surface area contributed by atoms with Crippen molar-refractivity contribution in [1.29, 1.82) is 0 Å². The first-order chi connectivity index (χ1) is 9.01. The number of benzene rings is 1. The number of urea groups is 1. The Bertz CT molecular complexity index is 625. The lowest BCUT2D eigenvalue weighted by Crippen LogP contribution is -2.65. The van der Waals surface area contributed by atoms with E-state index in [9.17, 15) is 14.7 Å². The van der Waals surface area contributed by atoms with Crippen molar-refractivity contribution in [3.05, 3.63) is 29.3 Å². The Hall–Kier alpha value is -2.54. The molecule has 1 atom stereocenters. The van der Waals surface area contributed by atoms with Crippen molar-refractivity contribution in [2.45, 2.75) is 5.91 Å². The standard InChI is InChI=1S/C12H10N2O5/c1-18-7-2-3-9-6(4-7)5-8-10(15)13-11(16)14-12(8,17)19-9/h2-5,17H,1H3,(H2,13,14,15,16)/t12-/m0/s1. The molecule has 2 heterocycles. The zero-order valence-electron chi connectivity index (χ0n) is 9.89. The maximum atomic E-state index is 11.7. The number of nitrogens with one attached hydrogen (secondary N) is 2. The molecule has 1 fully saturated rings. The van der Waals surface area contributed by atoms with Crippen LogP contribution < -0.4 is 20.1 Å². The lowest BCUT2D eigenvalue weighted by atomic mass is 10.0. The molecule has 0 bridgehead atoms. The molecule has 1 aromatic rings. The Labute approximate surface area is 107 Å². The van der Waals surface area contributed by atoms with E-state index >= 15 is 0 Å². The van der Waals surface area contributed by atoms with Crippen LogP contribution in [0.15, 0.2) is 23.8 Å². The summed E-state index contributed by atoms with van der Waals surface area (Å²) in [4.78, 5) is 22.9. The number of aliphatic hydroxyl groups is 1. The summed E-state index contributed by atoms with van der Waals surface area (Å²) in [5.74, 6) is -1.92. The van der Waals surface area contributed by atoms with E-state index < -0.39 is 17.8 Å². The molecule has 2 aliphatic heterocycles. The van der Waals surface area contributed by atoms with Crippen molar-refractivity contribution < 1.29 is 24.2 Å². The number of hydrogen-bond acceptors (Lipinski definition) is 5. The number of carbonyl (C=O) groups excluding carboxylic acids is 2. The van der Waals surface area contributed by atoms with Gasteiger partial charge in [0.05, 0.1) is 7.11 Å². The molecule has 2 aliphatic rings. The molecule has 1 aromatic carbocycles. The highest BCUT2D eigenvalue weighted by Crippen LogP contribution is 2.36. The molecule has 98 valence electrons. The van der Waals surface area contributed by atoms with E-state index in [0.717, 1.165) is 0 Å². The van der Waals surface area contributed by atoms with Crippen LogP contribution in [0.4, 0.5) is 4.79 Å². The zero-order valence-corrected chi connectivity index (χ0v) is 9.89. The van der Waals surface area contributed by atoms with Crippen molar-refractivity contribution in [3.8, 4) is 11.5 Å². The molecular formula is C12H10N2O5. The fourth-order valence-electron chi connectivity index (χ4n) is 1.99. The highest BCUT2D eigenvalue weighted by Gasteiger charge is 2.47. The Morgan fingerprint density at radius 1 is 1.37 bits per heavy atom. The Morgan fingerprint density at radius 2 is 2.16 bits per heavy atom. The van der Waals surface area contributed by atoms with Gasteiger partial charge in [-0.15, -0.1) is 0 Å². The van der Waals surface area contributed by atoms with Crippen LogP contribution in [-0.2, 0) is 4.79 Å². The third-order valence-corrected chi connectivity index (χ3v) is 2.89. The van der Waals surface area contributed by atoms with E-state index in [0.29, 0.717) is 17.1 Å². The molecule has 0 radical (unpaired) electrons. The fraction of sp³-hybridized carbons (Fsp3) is 0.167. The van der Waals surface area contributed by atoms with Gasteiger partial charge in [0.25, 0.3) is 5.91 Å². The van der Waals surface area contributed by atoms with Gasteiger partial charge in [-0.2, -0.15) is 0 Å². The third-order valence-electron chi connectivity index (χ3n) is 2.89. The molecule has 0 unspecified atom stereocenters. The van der Waals surface area contributed by atoms with Gasteiger partial charge in [0, 0.05) is 5.56 Å². The van der Waals surface area contributed by atoms with Gasteiger partial charge in [0.2, 0.25) is 0 Å². The second kappa shape index (κ2) is 3.72. The minimum Gasteiger partial charge on any atom is -0.497 e. The van der Waals surface area contributed by atoms with Gasteiger partial charge in [-0.05, 0) is 24.3 Å². The number of imide groups is 1. The lowest BCUT2D eigenvalue weighted by molar-refractivity contribution is -0.145. The summed E-state index contributed by atoms with van der Waals surface area (Å²) in [6, 6.07) is 4.07. The second-order valence-electron chi connectivity index (χ2n) is 4.12. The molecule has 0 saturated carbocycles. The smallest absolute Gasteiger partial charge is 0.327 e. The van der Waals surface area contributed by atoms with Crippen molar-refractivity contribution in [1.82, 2.24) is 10.6 Å². The quantitative estimate of drug-likeness (QED) is 0.659. The predicted octanol–water partition coefficient (Wildman–Crippen LogP) is -0.0435. The summed E-state index contributed by atoms with van der Waals surface area (Å²) in [5.41, 5.74) is 0.484. The van der Waals surface area contributed by atoms with Crippen molar-refractivity contribution in [2.24, 2.45) is 0 Å². The molecular weight excluding hydrogens is 252 g/mol. The molecule has 7 nitrogen and oxygen atoms in total. The average molecular weight is 262 g/mol. The van der Waals surface area contributed by atoms with Crippen molar-refractivity contribution >= 4 is 18.0 Å². The van der Waals surface area contributed by atoms with E-state index in [1.807, 2.05) is 5.32 Å². The van der Waals surface area contributed by atoms with E-state index in [1.54, 1.807) is 18.2 Å². The largest absolute Gasteiger partial charge is 0.497 e. The molecule has 3 N–H and O–H groups in total. The number of hydrogen-bond donors (Lipinski definition) is 3. The third kappa shape index (κ3) is 1.71. The predicted molar refractivity (Wildman–Crippen MR) is 63.2 cm³/mol. The van der Waals surface area contributed by atoms with Crippen molar-refractivity contribution in [2.75, 3.05) is 7.11 Å². The first kappa shape index (κ1) is 11.5. The molecule has 3 amide bonds. The number of fused-ring (bicyclic) bond motifs is 2. The maximum absolute atomic E-state index is 11.7. The zero-order chi connectivity index (χ0) is 13.6. The summed E-state index contributed by atoms with van der Waals surface area (Å²) in [5, 5.41) is 14.4. The van der Waals surface area contributed by atoms with Gasteiger partial charge in [-0.25, -0.2) is 4.79 Å². The summed E-state index contributed by atoms with van der Waals surface area (Å²) < 4.78 is 10.4. The van der Waals surface area contributed by atoms with Crippen LogP contribution in [-0.4, -0.2) is 30.1 Å². The van der Waals surface area contributed by atoms with Gasteiger partial charge in [-0.3, -0.25) is 15.4 Å². The van der Waals surface area contributed by atoms with Crippen LogP contribution in [0, 0.1) is 0 Å². The van der Waals surface area contributed by atoms with Gasteiger partial charge < -0.3 is 14.6 Å². The average Bonchev–Trinajstić information content (AvgIpc) is 2.35. The summed E-state index contributed by atoms with van der Waals surface area (Å²) >= 11 is 0. The van der Waals surface area contributed by atoms with E-state index in [1.165, 1.54) is 13.2 Å². The first-order valence-corrected chi connectivity index (χ1v) is 5.47. The maximum Gasteiger partial charge on any atom is 0.327 e. The first-order valence-electron chi connectivity index (χ1n) is 5.47. The van der Waals surface area contributed by atoms with E-state index in [2.05, 4.69) is 5.32 Å². The molecule has 0 aliphatic carbocycles. The molecule has 19 heavy (non-hydrogen) atoms. The molecule has 0 spiro atoms. The Morgan fingerprint density at radius 3 is 2.89 bits per heavy atom. The Balaban J connectivity index is 2.11. The highest BCUT2D eigenvalue weighted by atomic mass is 16.6. The monoisotopic (exact) mass is 262 g/mol. The van der Waals surface area contributed by atoms with Gasteiger partial charge in [0.1, 0.15) is 17.1 Å². The van der Waals surface area contributed by atoms with Crippen molar-refractivity contribution in [3.63, 3.8) is 0 Å². The number of rotatable bonds is 1. The molecule has 3 rings (SSSR count). The highest BCUT2D eigenvalue weighted by molar-refractivity contribution is 6.11. The van der Waals surface area contributed by atoms with E-state index in [-0.39, 0.29) is 5.57 Å². The lowest BCUT2D eigenvalue weighted by Gasteiger charge is -2.37. The number of carbonyl (C=O) groups is 2. The Kier molecular flexibility index (Phi) is 2.26. The van der Waals surface area contributed by atoms with Crippen LogP contribution in [0.5, 0.6) is 11.5 Å². The number of ether oxygens (including phenoxy) is 2. The summed E-state index contributed by atoms with van der Waals surface area (Å²) in [6.45, 7) is 0. The minimum absolute atomic E-state index is 0.0900. The second-order valence-corrected chi connectivity index (χ2v) is 4.12. The minimum atomic E-state index is -2.14. The topological polar surface area (TPSA) is 96.9 Å². The summed E-state index contributed by atoms with van der Waals surface area (Å²) in [6.07, 6.45) is 1.44. The molecule has 7 heteroatoms. The fourth-order valence-corrected chi connectivity index (χ4v) is 1.99. The van der Waals surface area contributed by atoms with Gasteiger partial charge >= 0.3 is 11.9 Å². The van der Waals surface area contributed by atoms with Crippen LogP contribution >= 0.6 is 0 Å². The van der Waals surface area contributed by atoms with Gasteiger partial charge in [0.15, 0.2) is 0 Å². The van der Waals surface area contributed by atoms with Crippen LogP contribution in [0.3, 0.4) is 0 Å². The number of amides is 3. The SMILES string of the molecule is COc1ccc2c(c1)C=C1C(=O)NC(=O)N[C@@]1(O)O2. The van der Waals surface area contributed by atoms with Crippen LogP contribution in [0.25, 0.3) is 6.08 Å². The number of methoxy groups -OCH3 is 1. The molecule has 1 saturated heterocycles. The van der Waals surface area contributed by atoms with Crippen LogP contribution in [0.1, 0.15) is 5.56 Å². The summed E-state index contributed by atoms with van der Waals surface area (Å²) in [7, 11) is 1.52. The normalized spacial score (nSPS) is 24.2. The van der Waals surface area contributed by atoms with Gasteiger partial charge in [-0.1, -0.05) is 0 Å². The molecule has 0 aromatic heterocycles.